The zero-order valence-electron chi connectivity index (χ0n) is 11.0. The van der Waals surface area contributed by atoms with Gasteiger partial charge in [0.1, 0.15) is 6.26 Å². The number of likely N-dealkylation sites (N-methyl/N-ethyl adjacent to an activating group) is 1. The molecule has 1 N–H and O–H groups in total. The lowest BCUT2D eigenvalue weighted by atomic mass is 10.3. The molecule has 1 aliphatic heterocycles. The minimum atomic E-state index is -1.09. The summed E-state index contributed by atoms with van der Waals surface area (Å²) in [4.78, 5) is 26.6. The van der Waals surface area contributed by atoms with Crippen LogP contribution < -0.4 is 0 Å². The fraction of sp³-hybridized carbons (Fsp3) is 0.538. The van der Waals surface area contributed by atoms with Crippen molar-refractivity contribution in [2.24, 2.45) is 0 Å². The van der Waals surface area contributed by atoms with Crippen molar-refractivity contribution < 1.29 is 19.1 Å². The van der Waals surface area contributed by atoms with E-state index in [9.17, 15) is 9.59 Å². The normalized spacial score (nSPS) is 15.6. The zero-order valence-corrected chi connectivity index (χ0v) is 11.0. The summed E-state index contributed by atoms with van der Waals surface area (Å²) in [6.45, 7) is 3.63. The van der Waals surface area contributed by atoms with Crippen molar-refractivity contribution in [3.8, 4) is 0 Å². The Balaban J connectivity index is 1.88. The molecule has 6 heteroatoms. The van der Waals surface area contributed by atoms with Gasteiger partial charge in [-0.2, -0.15) is 0 Å². The second kappa shape index (κ2) is 5.88. The van der Waals surface area contributed by atoms with E-state index in [-0.39, 0.29) is 17.2 Å². The number of likely N-dealkylation sites (tertiary alicyclic amines) is 1. The molecule has 2 heterocycles. The van der Waals surface area contributed by atoms with Crippen LogP contribution in [0.5, 0.6) is 0 Å². The lowest BCUT2D eigenvalue weighted by Gasteiger charge is -2.20. The van der Waals surface area contributed by atoms with Gasteiger partial charge in [-0.1, -0.05) is 0 Å². The lowest BCUT2D eigenvalue weighted by Crippen LogP contribution is -2.35. The van der Waals surface area contributed by atoms with Crippen LogP contribution in [-0.2, 0) is 0 Å². The molecule has 0 aromatic carbocycles. The summed E-state index contributed by atoms with van der Waals surface area (Å²) in [5.74, 6) is -1.31. The van der Waals surface area contributed by atoms with Crippen molar-refractivity contribution in [2.75, 3.05) is 33.2 Å². The molecule has 0 aliphatic carbocycles. The van der Waals surface area contributed by atoms with Gasteiger partial charge in [-0.05, 0) is 25.9 Å². The molecule has 104 valence electrons. The Bertz CT molecular complexity index is 463. The molecule has 2 rings (SSSR count). The number of nitrogens with zero attached hydrogens (tertiary/aromatic N) is 2. The highest BCUT2D eigenvalue weighted by molar-refractivity contribution is 5.95. The van der Waals surface area contributed by atoms with Crippen LogP contribution in [0, 0.1) is 0 Å². The molecule has 1 aromatic rings. The van der Waals surface area contributed by atoms with Crippen LogP contribution >= 0.6 is 0 Å². The highest BCUT2D eigenvalue weighted by atomic mass is 16.4. The van der Waals surface area contributed by atoms with Gasteiger partial charge in [0, 0.05) is 26.2 Å². The lowest BCUT2D eigenvalue weighted by molar-refractivity contribution is 0.0695. The quantitative estimate of drug-likeness (QED) is 0.865. The van der Waals surface area contributed by atoms with E-state index in [1.54, 1.807) is 11.9 Å². The van der Waals surface area contributed by atoms with Crippen molar-refractivity contribution in [3.63, 3.8) is 0 Å². The number of hydrogen-bond acceptors (Lipinski definition) is 4. The molecule has 0 saturated carbocycles. The maximum atomic E-state index is 12.0. The second-order valence-electron chi connectivity index (χ2n) is 4.78. The van der Waals surface area contributed by atoms with E-state index in [2.05, 4.69) is 4.90 Å². The molecule has 0 radical (unpaired) electrons. The number of aromatic carboxylic acids is 1. The Morgan fingerprint density at radius 3 is 2.68 bits per heavy atom. The molecule has 1 saturated heterocycles. The highest BCUT2D eigenvalue weighted by Gasteiger charge is 2.19. The van der Waals surface area contributed by atoms with Gasteiger partial charge in [0.2, 0.25) is 0 Å². The molecule has 0 bridgehead atoms. The molecule has 6 nitrogen and oxygen atoms in total. The number of hydrogen-bond donors (Lipinski definition) is 1. The van der Waals surface area contributed by atoms with Crippen LogP contribution in [0.3, 0.4) is 0 Å². The van der Waals surface area contributed by atoms with Gasteiger partial charge in [-0.25, -0.2) is 4.79 Å². The summed E-state index contributed by atoms with van der Waals surface area (Å²) in [5.41, 5.74) is -0.00343. The molecular formula is C13H18N2O4. The molecule has 0 spiro atoms. The van der Waals surface area contributed by atoms with Gasteiger partial charge in [-0.15, -0.1) is 0 Å². The Kier molecular flexibility index (Phi) is 4.21. The van der Waals surface area contributed by atoms with Gasteiger partial charge in [-0.3, -0.25) is 4.79 Å². The third kappa shape index (κ3) is 3.35. The fourth-order valence-electron chi connectivity index (χ4n) is 2.15. The SMILES string of the molecule is CN(CCN1CCCC1)C(=O)c1cc(C(=O)O)co1. The van der Waals surface area contributed by atoms with Crippen LogP contribution in [-0.4, -0.2) is 60.0 Å². The third-order valence-corrected chi connectivity index (χ3v) is 3.35. The Morgan fingerprint density at radius 2 is 2.11 bits per heavy atom. The summed E-state index contributed by atoms with van der Waals surface area (Å²) < 4.78 is 5.00. The Hall–Kier alpha value is -1.82. The van der Waals surface area contributed by atoms with Gasteiger partial charge >= 0.3 is 5.97 Å². The molecule has 0 unspecified atom stereocenters. The monoisotopic (exact) mass is 266 g/mol. The van der Waals surface area contributed by atoms with Gasteiger partial charge < -0.3 is 19.3 Å². The van der Waals surface area contributed by atoms with Crippen LogP contribution in [0.2, 0.25) is 0 Å². The number of furan rings is 1. The number of carbonyl (C=O) groups excluding carboxylic acids is 1. The van der Waals surface area contributed by atoms with Crippen LogP contribution in [0.1, 0.15) is 33.8 Å². The summed E-state index contributed by atoms with van der Waals surface area (Å²) in [6, 6.07) is 1.26. The first kappa shape index (κ1) is 13.6. The summed E-state index contributed by atoms with van der Waals surface area (Å²) >= 11 is 0. The van der Waals surface area contributed by atoms with Crippen molar-refractivity contribution in [3.05, 3.63) is 23.7 Å². The second-order valence-corrected chi connectivity index (χ2v) is 4.78. The number of carbonyl (C=O) groups is 2. The smallest absolute Gasteiger partial charge is 0.338 e. The van der Waals surface area contributed by atoms with Crippen molar-refractivity contribution in [1.29, 1.82) is 0 Å². The first-order valence-electron chi connectivity index (χ1n) is 6.37. The molecule has 1 fully saturated rings. The van der Waals surface area contributed by atoms with Crippen molar-refractivity contribution in [2.45, 2.75) is 12.8 Å². The largest absolute Gasteiger partial charge is 0.478 e. The third-order valence-electron chi connectivity index (χ3n) is 3.35. The average molecular weight is 266 g/mol. The van der Waals surface area contributed by atoms with Gasteiger partial charge in [0.15, 0.2) is 5.76 Å². The van der Waals surface area contributed by atoms with E-state index in [4.69, 9.17) is 9.52 Å². The van der Waals surface area contributed by atoms with E-state index in [1.165, 1.54) is 18.9 Å². The van der Waals surface area contributed by atoms with Crippen LogP contribution in [0.25, 0.3) is 0 Å². The van der Waals surface area contributed by atoms with Crippen molar-refractivity contribution in [1.82, 2.24) is 9.80 Å². The molecule has 0 atom stereocenters. The standard InChI is InChI=1S/C13H18N2O4/c1-14(6-7-15-4-2-3-5-15)12(16)11-8-10(9-19-11)13(17)18/h8-9H,2-7H2,1H3,(H,17,18). The minimum absolute atomic E-state index is 0.00343. The van der Waals surface area contributed by atoms with E-state index < -0.39 is 5.97 Å². The maximum Gasteiger partial charge on any atom is 0.338 e. The molecule has 19 heavy (non-hydrogen) atoms. The molecular weight excluding hydrogens is 248 g/mol. The molecule has 1 amide bonds. The van der Waals surface area contributed by atoms with E-state index in [0.29, 0.717) is 6.54 Å². The average Bonchev–Trinajstić information content (AvgIpc) is 3.05. The first-order chi connectivity index (χ1) is 9.08. The zero-order chi connectivity index (χ0) is 13.8. The fourth-order valence-corrected chi connectivity index (χ4v) is 2.15. The summed E-state index contributed by atoms with van der Waals surface area (Å²) in [7, 11) is 1.70. The van der Waals surface area contributed by atoms with Crippen LogP contribution in [0.15, 0.2) is 16.7 Å². The highest BCUT2D eigenvalue weighted by Crippen LogP contribution is 2.11. The van der Waals surface area contributed by atoms with E-state index in [0.717, 1.165) is 25.9 Å². The molecule has 1 aromatic heterocycles. The predicted octanol–water partition coefficient (Wildman–Crippen LogP) is 1.15. The molecule has 1 aliphatic rings. The van der Waals surface area contributed by atoms with E-state index >= 15 is 0 Å². The number of carboxylic acids is 1. The Morgan fingerprint density at radius 1 is 1.42 bits per heavy atom. The van der Waals surface area contributed by atoms with Gasteiger partial charge in [0.05, 0.1) is 5.56 Å². The predicted molar refractivity (Wildman–Crippen MR) is 68.3 cm³/mol. The van der Waals surface area contributed by atoms with Crippen molar-refractivity contribution >= 4 is 11.9 Å². The topological polar surface area (TPSA) is 74.0 Å². The minimum Gasteiger partial charge on any atom is -0.478 e. The van der Waals surface area contributed by atoms with Gasteiger partial charge in [0.25, 0.3) is 5.91 Å². The summed E-state index contributed by atoms with van der Waals surface area (Å²) in [6.07, 6.45) is 3.53. The number of amides is 1. The number of rotatable bonds is 5. The first-order valence-corrected chi connectivity index (χ1v) is 6.37. The van der Waals surface area contributed by atoms with E-state index in [1.807, 2.05) is 0 Å². The Labute approximate surface area is 111 Å². The maximum absolute atomic E-state index is 12.0. The number of carboxylic acid groups (broad SMARTS) is 1. The summed E-state index contributed by atoms with van der Waals surface area (Å²) in [5, 5.41) is 8.77. The van der Waals surface area contributed by atoms with Crippen LogP contribution in [0.4, 0.5) is 0 Å².